The van der Waals surface area contributed by atoms with Crippen LogP contribution < -0.4 is 4.74 Å². The molecule has 0 N–H and O–H groups in total. The van der Waals surface area contributed by atoms with E-state index in [1.807, 2.05) is 0 Å². The van der Waals surface area contributed by atoms with Crippen molar-refractivity contribution >= 4 is 11.9 Å². The lowest BCUT2D eigenvalue weighted by atomic mass is 9.47. The van der Waals surface area contributed by atoms with E-state index < -0.39 is 41.2 Å². The summed E-state index contributed by atoms with van der Waals surface area (Å²) in [6.07, 6.45) is 4.29. The molecule has 3 saturated carbocycles. The van der Waals surface area contributed by atoms with Crippen molar-refractivity contribution in [2.24, 2.45) is 46.3 Å². The van der Waals surface area contributed by atoms with Crippen LogP contribution in [0.2, 0.25) is 0 Å². The summed E-state index contributed by atoms with van der Waals surface area (Å²) in [5.41, 5.74) is -1.23. The molecule has 0 aliphatic heterocycles. The Labute approximate surface area is 293 Å². The number of hydrogen-bond acceptors (Lipinski definition) is 4. The molecule has 8 unspecified atom stereocenters. The zero-order valence-corrected chi connectivity index (χ0v) is 30.2. The van der Waals surface area contributed by atoms with Gasteiger partial charge >= 0.3 is 24.3 Å². The first-order valence-electron chi connectivity index (χ1n) is 18.7. The van der Waals surface area contributed by atoms with E-state index in [4.69, 9.17) is 9.47 Å². The van der Waals surface area contributed by atoms with E-state index in [-0.39, 0.29) is 36.8 Å². The van der Waals surface area contributed by atoms with E-state index in [0.29, 0.717) is 35.8 Å². The Balaban J connectivity index is 1.11. The van der Waals surface area contributed by atoms with Crippen molar-refractivity contribution in [2.45, 2.75) is 143 Å². The molecule has 50 heavy (non-hydrogen) atoms. The van der Waals surface area contributed by atoms with Crippen LogP contribution in [0.25, 0.3) is 0 Å². The molecule has 1 aromatic carbocycles. The molecule has 4 aliphatic carbocycles. The Morgan fingerprint density at radius 1 is 0.820 bits per heavy atom. The quantitative estimate of drug-likeness (QED) is 0.0992. The van der Waals surface area contributed by atoms with Crippen LogP contribution in [0.5, 0.6) is 5.75 Å². The lowest BCUT2D eigenvalue weighted by molar-refractivity contribution is -0.152. The second kappa shape index (κ2) is 14.8. The van der Waals surface area contributed by atoms with Crippen LogP contribution >= 0.6 is 0 Å². The zero-order chi connectivity index (χ0) is 36.6. The lowest BCUT2D eigenvalue weighted by Gasteiger charge is -2.58. The first kappa shape index (κ1) is 38.7. The summed E-state index contributed by atoms with van der Waals surface area (Å²) in [4.78, 5) is 25.0. The molecule has 1 aromatic rings. The summed E-state index contributed by atoms with van der Waals surface area (Å²) < 4.78 is 89.4. The van der Waals surface area contributed by atoms with Gasteiger partial charge in [0.1, 0.15) is 11.9 Å². The highest BCUT2D eigenvalue weighted by molar-refractivity contribution is 5.74. The summed E-state index contributed by atoms with van der Waals surface area (Å²) in [5, 5.41) is 0. The molecule has 280 valence electrons. The van der Waals surface area contributed by atoms with E-state index >= 15 is 0 Å². The number of carbonyl (C=O) groups is 2. The van der Waals surface area contributed by atoms with Crippen molar-refractivity contribution in [1.82, 2.24) is 0 Å². The molecule has 5 rings (SSSR count). The maximum Gasteiger partial charge on any atom is 0.416 e. The Bertz CT molecular complexity index is 1380. The highest BCUT2D eigenvalue weighted by Gasteiger charge is 2.59. The van der Waals surface area contributed by atoms with Crippen LogP contribution in [0.4, 0.5) is 26.3 Å². The van der Waals surface area contributed by atoms with E-state index in [1.165, 1.54) is 50.5 Å². The molecule has 0 bridgehead atoms. The second-order valence-electron chi connectivity index (χ2n) is 16.7. The van der Waals surface area contributed by atoms with E-state index in [2.05, 4.69) is 40.7 Å². The smallest absolute Gasteiger partial charge is 0.416 e. The fourth-order valence-corrected chi connectivity index (χ4v) is 10.5. The van der Waals surface area contributed by atoms with Crippen LogP contribution in [0.15, 0.2) is 29.8 Å². The van der Waals surface area contributed by atoms with Gasteiger partial charge in [-0.05, 0) is 116 Å². The maximum absolute atomic E-state index is 13.1. The third-order valence-corrected chi connectivity index (χ3v) is 13.1. The Morgan fingerprint density at radius 3 is 2.12 bits per heavy atom. The van der Waals surface area contributed by atoms with Gasteiger partial charge in [-0.2, -0.15) is 26.3 Å². The highest BCUT2D eigenvalue weighted by atomic mass is 19.4. The van der Waals surface area contributed by atoms with Gasteiger partial charge in [0.2, 0.25) is 0 Å². The van der Waals surface area contributed by atoms with Crippen LogP contribution in [0.3, 0.4) is 0 Å². The van der Waals surface area contributed by atoms with Crippen LogP contribution in [-0.4, -0.2) is 18.0 Å². The van der Waals surface area contributed by atoms with Gasteiger partial charge in [0.05, 0.1) is 11.1 Å². The Kier molecular flexibility index (Phi) is 11.5. The van der Waals surface area contributed by atoms with Gasteiger partial charge in [-0.1, -0.05) is 65.5 Å². The number of alkyl halides is 6. The molecular weight excluding hydrogens is 658 g/mol. The van der Waals surface area contributed by atoms with Crippen molar-refractivity contribution in [3.8, 4) is 5.75 Å². The molecule has 0 amide bonds. The fraction of sp³-hybridized carbons (Fsp3) is 0.750. The summed E-state index contributed by atoms with van der Waals surface area (Å²) in [6, 6.07) is 0.676. The van der Waals surface area contributed by atoms with Crippen molar-refractivity contribution in [3.05, 3.63) is 41.0 Å². The van der Waals surface area contributed by atoms with Crippen LogP contribution in [-0.2, 0) is 26.7 Å². The average molecular weight is 713 g/mol. The zero-order valence-electron chi connectivity index (χ0n) is 30.2. The normalized spacial score (nSPS) is 31.7. The van der Waals surface area contributed by atoms with Gasteiger partial charge in [-0.3, -0.25) is 9.59 Å². The van der Waals surface area contributed by atoms with Gasteiger partial charge in [-0.25, -0.2) is 0 Å². The average Bonchev–Trinajstić information content (AvgIpc) is 3.37. The van der Waals surface area contributed by atoms with Crippen molar-refractivity contribution in [1.29, 1.82) is 0 Å². The number of carbonyl (C=O) groups excluding carboxylic acids is 2. The van der Waals surface area contributed by atoms with Gasteiger partial charge in [0.25, 0.3) is 0 Å². The highest BCUT2D eigenvalue weighted by Crippen LogP contribution is 2.67. The van der Waals surface area contributed by atoms with E-state index in [0.717, 1.165) is 42.9 Å². The standard InChI is InChI=1S/C40H54F6O4/c1-24(2)8-6-9-25(3)32-14-15-33-31-13-12-26-21-29(16-18-37(26,4)34(31)17-19-38(32,33)5)49-35(47)10-7-11-36(48)50-30-22-27(39(41,42)43)20-28(23-30)40(44,45)46/h12,20,22-25,29,31-34H,6-11,13-19,21H2,1-5H3. The predicted molar refractivity (Wildman–Crippen MR) is 179 cm³/mol. The van der Waals surface area contributed by atoms with E-state index in [9.17, 15) is 35.9 Å². The monoisotopic (exact) mass is 712 g/mol. The lowest BCUT2D eigenvalue weighted by Crippen LogP contribution is -2.51. The van der Waals surface area contributed by atoms with Crippen molar-refractivity contribution in [3.63, 3.8) is 0 Å². The van der Waals surface area contributed by atoms with Gasteiger partial charge in [0.15, 0.2) is 0 Å². The SMILES string of the molecule is CC(C)CCCC(C)C1CCC2C3CC=C4CC(OC(=O)CCCC(=O)Oc5cc(C(F)(F)F)cc(C(F)(F)F)c5)CCC4(C)C3CCC12C. The molecule has 0 saturated heterocycles. The molecule has 0 aromatic heterocycles. The minimum Gasteiger partial charge on any atom is -0.462 e. The third-order valence-electron chi connectivity index (χ3n) is 13.1. The van der Waals surface area contributed by atoms with E-state index in [1.54, 1.807) is 0 Å². The van der Waals surface area contributed by atoms with Gasteiger partial charge < -0.3 is 9.47 Å². The molecule has 0 spiro atoms. The fourth-order valence-electron chi connectivity index (χ4n) is 10.5. The molecule has 4 nitrogen and oxygen atoms in total. The molecule has 4 aliphatic rings. The number of allylic oxidation sites excluding steroid dienone is 1. The first-order chi connectivity index (χ1) is 23.3. The summed E-state index contributed by atoms with van der Waals surface area (Å²) >= 11 is 0. The number of halogens is 6. The Morgan fingerprint density at radius 2 is 1.48 bits per heavy atom. The number of ether oxygens (including phenoxy) is 2. The number of fused-ring (bicyclic) bond motifs is 5. The number of esters is 2. The van der Waals surface area contributed by atoms with Crippen LogP contribution in [0.1, 0.15) is 136 Å². The minimum absolute atomic E-state index is 0.00284. The molecular formula is C40H54F6O4. The predicted octanol–water partition coefficient (Wildman–Crippen LogP) is 11.8. The number of benzene rings is 1. The Hall–Kier alpha value is -2.52. The number of rotatable bonds is 11. The topological polar surface area (TPSA) is 52.6 Å². The third kappa shape index (κ3) is 8.40. The minimum atomic E-state index is -5.05. The molecule has 0 heterocycles. The number of hydrogen-bond donors (Lipinski definition) is 0. The molecule has 10 heteroatoms. The second-order valence-corrected chi connectivity index (χ2v) is 16.7. The largest absolute Gasteiger partial charge is 0.462 e. The summed E-state index contributed by atoms with van der Waals surface area (Å²) in [6.45, 7) is 12.1. The van der Waals surface area contributed by atoms with Gasteiger partial charge in [0, 0.05) is 19.3 Å². The maximum atomic E-state index is 13.1. The molecule has 3 fully saturated rings. The van der Waals surface area contributed by atoms with Gasteiger partial charge in [-0.15, -0.1) is 0 Å². The van der Waals surface area contributed by atoms with Crippen molar-refractivity contribution in [2.75, 3.05) is 0 Å². The summed E-state index contributed by atoms with van der Waals surface area (Å²) in [5.74, 6) is 2.07. The van der Waals surface area contributed by atoms with Crippen molar-refractivity contribution < 1.29 is 45.4 Å². The molecule has 8 atom stereocenters. The molecule has 0 radical (unpaired) electrons. The summed E-state index contributed by atoms with van der Waals surface area (Å²) in [7, 11) is 0. The van der Waals surface area contributed by atoms with Crippen LogP contribution in [0, 0.1) is 46.3 Å². The first-order valence-corrected chi connectivity index (χ1v) is 18.7.